The number of carbonyl (C=O) groups is 1. The van der Waals surface area contributed by atoms with E-state index in [-0.39, 0.29) is 17.9 Å². The number of hydrogen-bond donors (Lipinski definition) is 1. The van der Waals surface area contributed by atoms with Crippen LogP contribution in [0.15, 0.2) is 12.2 Å². The monoisotopic (exact) mass is 165 g/mol. The van der Waals surface area contributed by atoms with Gasteiger partial charge in [0, 0.05) is 0 Å². The van der Waals surface area contributed by atoms with Crippen molar-refractivity contribution in [2.24, 2.45) is 5.92 Å². The van der Waals surface area contributed by atoms with Crippen molar-refractivity contribution in [2.45, 2.75) is 26.8 Å². The summed E-state index contributed by atoms with van der Waals surface area (Å²) in [6, 6.07) is -0.173. The van der Waals surface area contributed by atoms with E-state index in [2.05, 4.69) is 11.2 Å². The van der Waals surface area contributed by atoms with Crippen LogP contribution in [0.25, 0.3) is 0 Å². The molecule has 0 bridgehead atoms. The van der Waals surface area contributed by atoms with Crippen LogP contribution in [0.5, 0.6) is 0 Å². The summed E-state index contributed by atoms with van der Waals surface area (Å²) in [7, 11) is 0. The number of allylic oxidation sites excluding steroid dienone is 1. The Balaban J connectivity index is 4.05. The highest BCUT2D eigenvalue weighted by Gasteiger charge is 2.10. The van der Waals surface area contributed by atoms with Crippen molar-refractivity contribution in [1.29, 1.82) is 0 Å². The van der Waals surface area contributed by atoms with E-state index in [0.717, 1.165) is 0 Å². The van der Waals surface area contributed by atoms with Gasteiger partial charge in [0.2, 0.25) is 5.91 Å². The van der Waals surface area contributed by atoms with Gasteiger partial charge in [-0.25, -0.2) is 0 Å². The topological polar surface area (TPSA) is 29.1 Å². The van der Waals surface area contributed by atoms with Gasteiger partial charge in [0.15, 0.2) is 0 Å². The summed E-state index contributed by atoms with van der Waals surface area (Å²) >= 11 is 0. The van der Waals surface area contributed by atoms with E-state index in [0.29, 0.717) is 0 Å². The maximum Gasteiger partial charge on any atom is 0.244 e. The molecule has 0 spiro atoms. The van der Waals surface area contributed by atoms with Gasteiger partial charge in [-0.05, 0) is 18.9 Å². The molecule has 0 fully saturated rings. The zero-order chi connectivity index (χ0) is 9.56. The molecular weight excluding hydrogens is 150 g/mol. The fraction of sp³-hybridized carbons (Fsp3) is 0.500. The van der Waals surface area contributed by atoms with Gasteiger partial charge in [-0.1, -0.05) is 25.8 Å². The smallest absolute Gasteiger partial charge is 0.244 e. The lowest BCUT2D eigenvalue weighted by Gasteiger charge is -2.14. The molecular formula is C10H15NO. The van der Waals surface area contributed by atoms with E-state index in [1.165, 1.54) is 6.08 Å². The average molecular weight is 165 g/mol. The van der Waals surface area contributed by atoms with Gasteiger partial charge in [0.1, 0.15) is 0 Å². The number of amides is 1. The first-order valence-electron chi connectivity index (χ1n) is 4.01. The Labute approximate surface area is 74.0 Å². The lowest BCUT2D eigenvalue weighted by atomic mass is 10.1. The van der Waals surface area contributed by atoms with Crippen LogP contribution in [0.2, 0.25) is 0 Å². The second-order valence-electron chi connectivity index (χ2n) is 2.90. The van der Waals surface area contributed by atoms with Crippen molar-refractivity contribution in [3.05, 3.63) is 12.2 Å². The number of terminal acetylenes is 1. The molecule has 0 aliphatic rings. The molecule has 1 unspecified atom stereocenters. The summed E-state index contributed by atoms with van der Waals surface area (Å²) in [5.41, 5.74) is 0. The summed E-state index contributed by atoms with van der Waals surface area (Å²) in [6.45, 7) is 5.74. The first kappa shape index (κ1) is 10.8. The Morgan fingerprint density at radius 2 is 2.17 bits per heavy atom. The predicted molar refractivity (Wildman–Crippen MR) is 50.4 cm³/mol. The Morgan fingerprint density at radius 3 is 2.50 bits per heavy atom. The van der Waals surface area contributed by atoms with Gasteiger partial charge in [0.05, 0.1) is 6.04 Å². The van der Waals surface area contributed by atoms with E-state index in [9.17, 15) is 4.79 Å². The van der Waals surface area contributed by atoms with Gasteiger partial charge < -0.3 is 5.32 Å². The fourth-order valence-electron chi connectivity index (χ4n) is 0.754. The number of carbonyl (C=O) groups excluding carboxylic acids is 1. The largest absolute Gasteiger partial charge is 0.339 e. The Bertz CT molecular complexity index is 210. The lowest BCUT2D eigenvalue weighted by Crippen LogP contribution is -2.36. The van der Waals surface area contributed by atoms with Gasteiger partial charge >= 0.3 is 0 Å². The molecule has 0 aromatic heterocycles. The van der Waals surface area contributed by atoms with Crippen LogP contribution in [-0.2, 0) is 4.79 Å². The molecule has 0 aliphatic carbocycles. The molecule has 66 valence electrons. The third-order valence-electron chi connectivity index (χ3n) is 1.46. The molecule has 0 saturated heterocycles. The first-order chi connectivity index (χ1) is 5.61. The molecule has 0 aromatic rings. The molecule has 0 aromatic carbocycles. The van der Waals surface area contributed by atoms with Crippen molar-refractivity contribution in [1.82, 2.24) is 5.32 Å². The van der Waals surface area contributed by atoms with Gasteiger partial charge in [-0.15, -0.1) is 6.42 Å². The molecule has 0 heterocycles. The minimum Gasteiger partial charge on any atom is -0.339 e. The van der Waals surface area contributed by atoms with E-state index in [1.54, 1.807) is 13.0 Å². The first-order valence-corrected chi connectivity index (χ1v) is 4.01. The van der Waals surface area contributed by atoms with Crippen molar-refractivity contribution in [2.75, 3.05) is 0 Å². The maximum atomic E-state index is 11.0. The van der Waals surface area contributed by atoms with E-state index in [4.69, 9.17) is 6.42 Å². The number of rotatable bonds is 3. The fourth-order valence-corrected chi connectivity index (χ4v) is 0.754. The summed E-state index contributed by atoms with van der Waals surface area (Å²) in [5, 5.41) is 2.71. The van der Waals surface area contributed by atoms with Crippen molar-refractivity contribution in [3.8, 4) is 12.3 Å². The molecule has 0 rings (SSSR count). The Morgan fingerprint density at radius 1 is 1.58 bits per heavy atom. The van der Waals surface area contributed by atoms with Gasteiger partial charge in [0.25, 0.3) is 0 Å². The standard InChI is InChI=1S/C10H15NO/c1-5-7-10(12)11-9(6-2)8(3)4/h2,5,7-9H,1,3-4H3,(H,11,12)/b7-5+. The predicted octanol–water partition coefficient (Wildman–Crippen LogP) is 1.34. The van der Waals surface area contributed by atoms with Crippen LogP contribution in [0.3, 0.4) is 0 Å². The Hall–Kier alpha value is -1.23. The highest BCUT2D eigenvalue weighted by Crippen LogP contribution is 1.99. The molecule has 1 N–H and O–H groups in total. The third-order valence-corrected chi connectivity index (χ3v) is 1.46. The molecule has 12 heavy (non-hydrogen) atoms. The quantitative estimate of drug-likeness (QED) is 0.496. The van der Waals surface area contributed by atoms with E-state index in [1.807, 2.05) is 13.8 Å². The molecule has 2 heteroatoms. The summed E-state index contributed by atoms with van der Waals surface area (Å²) < 4.78 is 0. The second kappa shape index (κ2) is 5.42. The van der Waals surface area contributed by atoms with Gasteiger partial charge in [-0.2, -0.15) is 0 Å². The molecule has 2 nitrogen and oxygen atoms in total. The van der Waals surface area contributed by atoms with Crippen LogP contribution in [0.1, 0.15) is 20.8 Å². The summed E-state index contributed by atoms with van der Waals surface area (Å²) in [5.74, 6) is 2.66. The third kappa shape index (κ3) is 3.82. The molecule has 0 aliphatic heterocycles. The molecule has 1 atom stereocenters. The zero-order valence-electron chi connectivity index (χ0n) is 7.79. The highest BCUT2D eigenvalue weighted by atomic mass is 16.1. The normalized spacial score (nSPS) is 12.9. The number of hydrogen-bond acceptors (Lipinski definition) is 1. The van der Waals surface area contributed by atoms with Crippen LogP contribution < -0.4 is 5.32 Å². The molecule has 0 saturated carbocycles. The van der Waals surface area contributed by atoms with Crippen molar-refractivity contribution in [3.63, 3.8) is 0 Å². The Kier molecular flexibility index (Phi) is 4.87. The summed E-state index contributed by atoms with van der Waals surface area (Å²) in [6.07, 6.45) is 8.38. The minimum absolute atomic E-state index is 0.130. The molecule has 1 amide bonds. The average Bonchev–Trinajstić information content (AvgIpc) is 2.00. The number of nitrogens with one attached hydrogen (secondary N) is 1. The van der Waals surface area contributed by atoms with Crippen LogP contribution >= 0.6 is 0 Å². The van der Waals surface area contributed by atoms with Crippen molar-refractivity contribution >= 4 is 5.91 Å². The zero-order valence-corrected chi connectivity index (χ0v) is 7.79. The van der Waals surface area contributed by atoms with Gasteiger partial charge in [-0.3, -0.25) is 4.79 Å². The van der Waals surface area contributed by atoms with Crippen LogP contribution in [-0.4, -0.2) is 11.9 Å². The SMILES string of the molecule is C#CC(NC(=O)/C=C/C)C(C)C. The van der Waals surface area contributed by atoms with E-state index < -0.39 is 0 Å². The van der Waals surface area contributed by atoms with Crippen LogP contribution in [0.4, 0.5) is 0 Å². The second-order valence-corrected chi connectivity index (χ2v) is 2.90. The highest BCUT2D eigenvalue weighted by molar-refractivity contribution is 5.87. The van der Waals surface area contributed by atoms with Crippen molar-refractivity contribution < 1.29 is 4.79 Å². The van der Waals surface area contributed by atoms with E-state index >= 15 is 0 Å². The maximum absolute atomic E-state index is 11.0. The molecule has 0 radical (unpaired) electrons. The lowest BCUT2D eigenvalue weighted by molar-refractivity contribution is -0.117. The van der Waals surface area contributed by atoms with Crippen LogP contribution in [0, 0.1) is 18.3 Å². The minimum atomic E-state index is -0.173. The summed E-state index contributed by atoms with van der Waals surface area (Å²) in [4.78, 5) is 11.0.